The number of hydrogen-bond acceptors (Lipinski definition) is 5. The number of rotatable bonds is 4. The Labute approximate surface area is 106 Å². The Morgan fingerprint density at radius 1 is 1.39 bits per heavy atom. The van der Waals surface area contributed by atoms with E-state index in [1.54, 1.807) is 19.9 Å². The lowest BCUT2D eigenvalue weighted by Gasteiger charge is -2.16. The molecule has 0 spiro atoms. The number of anilines is 1. The van der Waals surface area contributed by atoms with Gasteiger partial charge >= 0.3 is 0 Å². The van der Waals surface area contributed by atoms with Crippen LogP contribution in [0.3, 0.4) is 0 Å². The highest BCUT2D eigenvalue weighted by molar-refractivity contribution is 5.83. The zero-order valence-electron chi connectivity index (χ0n) is 11.0. The lowest BCUT2D eigenvalue weighted by Crippen LogP contribution is -2.41. The number of nitriles is 1. The standard InChI is InChI=1S/C12H17N5O/c1-7(2)14-11(18)9(4)16-12-15-8(3)5-10(6-13)17-12/h5,7,9H,1-4H3,(H,14,18)(H,15,16,17). The van der Waals surface area contributed by atoms with E-state index in [-0.39, 0.29) is 23.6 Å². The lowest BCUT2D eigenvalue weighted by molar-refractivity contribution is -0.122. The molecular weight excluding hydrogens is 230 g/mol. The van der Waals surface area contributed by atoms with Crippen molar-refractivity contribution in [1.29, 1.82) is 5.26 Å². The van der Waals surface area contributed by atoms with Gasteiger partial charge in [0.05, 0.1) is 0 Å². The van der Waals surface area contributed by atoms with Crippen molar-refractivity contribution >= 4 is 11.9 Å². The lowest BCUT2D eigenvalue weighted by atomic mass is 10.3. The molecule has 0 radical (unpaired) electrons. The number of aryl methyl sites for hydroxylation is 1. The number of aromatic nitrogens is 2. The molecule has 1 rings (SSSR count). The van der Waals surface area contributed by atoms with Gasteiger partial charge in [0, 0.05) is 11.7 Å². The van der Waals surface area contributed by atoms with Crippen molar-refractivity contribution in [2.75, 3.05) is 5.32 Å². The molecule has 0 bridgehead atoms. The minimum absolute atomic E-state index is 0.0786. The van der Waals surface area contributed by atoms with Gasteiger partial charge in [-0.2, -0.15) is 5.26 Å². The van der Waals surface area contributed by atoms with Crippen LogP contribution in [0.15, 0.2) is 6.07 Å². The average Bonchev–Trinajstić information content (AvgIpc) is 2.27. The van der Waals surface area contributed by atoms with Gasteiger partial charge in [0.25, 0.3) is 0 Å². The fourth-order valence-electron chi connectivity index (χ4n) is 1.36. The number of nitrogens with one attached hydrogen (secondary N) is 2. The smallest absolute Gasteiger partial charge is 0.242 e. The van der Waals surface area contributed by atoms with Gasteiger partial charge in [-0.25, -0.2) is 9.97 Å². The highest BCUT2D eigenvalue weighted by Crippen LogP contribution is 2.05. The summed E-state index contributed by atoms with van der Waals surface area (Å²) >= 11 is 0. The quantitative estimate of drug-likeness (QED) is 0.827. The molecule has 0 aromatic carbocycles. The summed E-state index contributed by atoms with van der Waals surface area (Å²) in [6.45, 7) is 7.27. The van der Waals surface area contributed by atoms with E-state index in [4.69, 9.17) is 5.26 Å². The molecule has 6 heteroatoms. The Morgan fingerprint density at radius 3 is 2.61 bits per heavy atom. The van der Waals surface area contributed by atoms with Crippen LogP contribution < -0.4 is 10.6 Å². The summed E-state index contributed by atoms with van der Waals surface area (Å²) in [4.78, 5) is 19.8. The van der Waals surface area contributed by atoms with Gasteiger partial charge in [0.2, 0.25) is 11.9 Å². The van der Waals surface area contributed by atoms with E-state index in [1.165, 1.54) is 0 Å². The maximum Gasteiger partial charge on any atom is 0.242 e. The maximum atomic E-state index is 11.7. The summed E-state index contributed by atoms with van der Waals surface area (Å²) in [5.74, 6) is 0.159. The van der Waals surface area contributed by atoms with Crippen LogP contribution in [0.2, 0.25) is 0 Å². The number of carbonyl (C=O) groups excluding carboxylic acids is 1. The molecular formula is C12H17N5O. The zero-order valence-corrected chi connectivity index (χ0v) is 11.0. The Kier molecular flexibility index (Phi) is 4.60. The van der Waals surface area contributed by atoms with E-state index < -0.39 is 6.04 Å². The maximum absolute atomic E-state index is 11.7. The summed E-state index contributed by atoms with van der Waals surface area (Å²) in [6, 6.07) is 3.16. The van der Waals surface area contributed by atoms with E-state index in [0.717, 1.165) is 0 Å². The van der Waals surface area contributed by atoms with Gasteiger partial charge in [-0.05, 0) is 33.8 Å². The second-order valence-electron chi connectivity index (χ2n) is 4.36. The highest BCUT2D eigenvalue weighted by Gasteiger charge is 2.14. The van der Waals surface area contributed by atoms with Gasteiger partial charge in [-0.15, -0.1) is 0 Å². The number of amides is 1. The molecule has 1 heterocycles. The molecule has 0 aliphatic carbocycles. The van der Waals surface area contributed by atoms with E-state index >= 15 is 0 Å². The van der Waals surface area contributed by atoms with Crippen LogP contribution >= 0.6 is 0 Å². The van der Waals surface area contributed by atoms with Gasteiger partial charge in [-0.1, -0.05) is 0 Å². The first-order chi connectivity index (χ1) is 8.42. The first kappa shape index (κ1) is 13.9. The fourth-order valence-corrected chi connectivity index (χ4v) is 1.36. The summed E-state index contributed by atoms with van der Waals surface area (Å²) < 4.78 is 0. The van der Waals surface area contributed by atoms with Gasteiger partial charge in [0.1, 0.15) is 17.8 Å². The third-order valence-corrected chi connectivity index (χ3v) is 2.14. The van der Waals surface area contributed by atoms with E-state index in [2.05, 4.69) is 20.6 Å². The molecule has 96 valence electrons. The van der Waals surface area contributed by atoms with Crippen LogP contribution in [0.1, 0.15) is 32.2 Å². The van der Waals surface area contributed by atoms with Crippen molar-refractivity contribution < 1.29 is 4.79 Å². The molecule has 1 aromatic heterocycles. The number of carbonyl (C=O) groups is 1. The molecule has 0 saturated carbocycles. The van der Waals surface area contributed by atoms with Crippen molar-refractivity contribution in [3.8, 4) is 6.07 Å². The Hall–Kier alpha value is -2.16. The highest BCUT2D eigenvalue weighted by atomic mass is 16.2. The Balaban J connectivity index is 2.76. The predicted molar refractivity (Wildman–Crippen MR) is 67.8 cm³/mol. The first-order valence-corrected chi connectivity index (χ1v) is 5.75. The van der Waals surface area contributed by atoms with Crippen molar-refractivity contribution in [3.63, 3.8) is 0 Å². The summed E-state index contributed by atoms with van der Waals surface area (Å²) in [5, 5.41) is 14.5. The average molecular weight is 247 g/mol. The molecule has 0 saturated heterocycles. The van der Waals surface area contributed by atoms with Crippen LogP contribution in [0.4, 0.5) is 5.95 Å². The molecule has 0 fully saturated rings. The molecule has 0 aliphatic rings. The van der Waals surface area contributed by atoms with Gasteiger partial charge in [-0.3, -0.25) is 4.79 Å². The van der Waals surface area contributed by atoms with Crippen molar-refractivity contribution in [2.45, 2.75) is 39.8 Å². The summed E-state index contributed by atoms with van der Waals surface area (Å²) in [7, 11) is 0. The minimum Gasteiger partial charge on any atom is -0.352 e. The third kappa shape index (κ3) is 4.01. The number of nitrogens with zero attached hydrogens (tertiary/aromatic N) is 3. The first-order valence-electron chi connectivity index (χ1n) is 5.75. The molecule has 6 nitrogen and oxygen atoms in total. The Morgan fingerprint density at radius 2 is 2.06 bits per heavy atom. The van der Waals surface area contributed by atoms with Gasteiger partial charge in [0.15, 0.2) is 0 Å². The van der Waals surface area contributed by atoms with E-state index in [9.17, 15) is 4.79 Å². The van der Waals surface area contributed by atoms with Crippen LogP contribution in [-0.4, -0.2) is 28.0 Å². The summed E-state index contributed by atoms with van der Waals surface area (Å²) in [5.41, 5.74) is 0.960. The molecule has 18 heavy (non-hydrogen) atoms. The van der Waals surface area contributed by atoms with Crippen LogP contribution in [0.5, 0.6) is 0 Å². The topological polar surface area (TPSA) is 90.7 Å². The van der Waals surface area contributed by atoms with Crippen molar-refractivity contribution in [3.05, 3.63) is 17.5 Å². The second kappa shape index (κ2) is 5.96. The SMILES string of the molecule is Cc1cc(C#N)nc(NC(C)C(=O)NC(C)C)n1. The molecule has 1 amide bonds. The van der Waals surface area contributed by atoms with E-state index in [1.807, 2.05) is 19.9 Å². The molecule has 2 N–H and O–H groups in total. The zero-order chi connectivity index (χ0) is 13.7. The second-order valence-corrected chi connectivity index (χ2v) is 4.36. The van der Waals surface area contributed by atoms with E-state index in [0.29, 0.717) is 5.69 Å². The Bertz CT molecular complexity index is 478. The minimum atomic E-state index is -0.458. The molecule has 1 atom stereocenters. The monoisotopic (exact) mass is 247 g/mol. The van der Waals surface area contributed by atoms with Crippen LogP contribution in [0.25, 0.3) is 0 Å². The van der Waals surface area contributed by atoms with Crippen LogP contribution in [-0.2, 0) is 4.79 Å². The molecule has 1 unspecified atom stereocenters. The number of hydrogen-bond donors (Lipinski definition) is 2. The predicted octanol–water partition coefficient (Wildman–Crippen LogP) is 0.982. The van der Waals surface area contributed by atoms with Crippen LogP contribution in [0, 0.1) is 18.3 Å². The fraction of sp³-hybridized carbons (Fsp3) is 0.500. The molecule has 1 aromatic rings. The normalized spacial score (nSPS) is 11.8. The summed E-state index contributed by atoms with van der Waals surface area (Å²) in [6.07, 6.45) is 0. The van der Waals surface area contributed by atoms with Gasteiger partial charge < -0.3 is 10.6 Å². The largest absolute Gasteiger partial charge is 0.352 e. The van der Waals surface area contributed by atoms with Crippen molar-refractivity contribution in [2.24, 2.45) is 0 Å². The molecule has 0 aliphatic heterocycles. The van der Waals surface area contributed by atoms with Crippen molar-refractivity contribution in [1.82, 2.24) is 15.3 Å². The third-order valence-electron chi connectivity index (χ3n) is 2.14.